The minimum absolute atomic E-state index is 0.0556. The zero-order valence-electron chi connectivity index (χ0n) is 12.3. The second-order valence-corrected chi connectivity index (χ2v) is 5.82. The summed E-state index contributed by atoms with van der Waals surface area (Å²) in [6.45, 7) is 3.96. The van der Waals surface area contributed by atoms with Gasteiger partial charge in [0.25, 0.3) is 0 Å². The number of likely N-dealkylation sites (tertiary alicyclic amines) is 1. The second kappa shape index (κ2) is 6.11. The lowest BCUT2D eigenvalue weighted by molar-refractivity contribution is -0.141. The van der Waals surface area contributed by atoms with Gasteiger partial charge in [0.1, 0.15) is 0 Å². The molecular formula is C17H19NO3. The molecule has 0 saturated carbocycles. The summed E-state index contributed by atoms with van der Waals surface area (Å²) in [6.07, 6.45) is 0.726. The molecule has 2 amide bonds. The first kappa shape index (κ1) is 15.3. The molecule has 1 aliphatic heterocycles. The Balaban J connectivity index is 2.06. The van der Waals surface area contributed by atoms with Crippen LogP contribution in [0, 0.1) is 17.3 Å². The van der Waals surface area contributed by atoms with Gasteiger partial charge in [-0.25, -0.2) is 0 Å². The molecule has 1 heterocycles. The van der Waals surface area contributed by atoms with Gasteiger partial charge < -0.3 is 5.11 Å². The number of hydrogen-bond donors (Lipinski definition) is 1. The molecule has 0 radical (unpaired) electrons. The molecule has 1 N–H and O–H groups in total. The highest BCUT2D eigenvalue weighted by molar-refractivity contribution is 6.05. The van der Waals surface area contributed by atoms with Crippen LogP contribution >= 0.6 is 0 Å². The van der Waals surface area contributed by atoms with E-state index in [4.69, 9.17) is 5.11 Å². The molecule has 4 nitrogen and oxygen atoms in total. The minimum Gasteiger partial charge on any atom is -0.395 e. The molecule has 1 aromatic carbocycles. The zero-order chi connectivity index (χ0) is 15.5. The first-order chi connectivity index (χ1) is 9.94. The van der Waals surface area contributed by atoms with Crippen LogP contribution in [0.1, 0.15) is 37.8 Å². The van der Waals surface area contributed by atoms with Crippen molar-refractivity contribution >= 4 is 11.8 Å². The van der Waals surface area contributed by atoms with Gasteiger partial charge >= 0.3 is 0 Å². The van der Waals surface area contributed by atoms with E-state index in [1.54, 1.807) is 13.8 Å². The number of carbonyl (C=O) groups excluding carboxylic acids is 2. The number of nitrogens with zero attached hydrogens (tertiary/aromatic N) is 1. The Morgan fingerprint density at radius 2 is 1.90 bits per heavy atom. The molecule has 0 atom stereocenters. The van der Waals surface area contributed by atoms with Gasteiger partial charge in [-0.2, -0.15) is 0 Å². The number of amides is 2. The van der Waals surface area contributed by atoms with Crippen LogP contribution in [-0.2, 0) is 16.1 Å². The van der Waals surface area contributed by atoms with Gasteiger partial charge in [-0.3, -0.25) is 14.5 Å². The highest BCUT2D eigenvalue weighted by Gasteiger charge is 2.44. The lowest BCUT2D eigenvalue weighted by atomic mass is 9.92. The lowest BCUT2D eigenvalue weighted by Crippen LogP contribution is -2.32. The van der Waals surface area contributed by atoms with Gasteiger partial charge in [-0.15, -0.1) is 0 Å². The Labute approximate surface area is 124 Å². The standard InChI is InChI=1S/C17H19NO3/c1-17(2)11-15(20)18(16(17)21)12-14-8-6-13(7-9-14)5-3-4-10-19/h6-9,19H,4,10-12H2,1-2H3. The van der Waals surface area contributed by atoms with Crippen LogP contribution in [-0.4, -0.2) is 28.4 Å². The van der Waals surface area contributed by atoms with E-state index in [9.17, 15) is 9.59 Å². The average Bonchev–Trinajstić information content (AvgIpc) is 2.63. The molecule has 0 unspecified atom stereocenters. The van der Waals surface area contributed by atoms with Crippen LogP contribution in [0.3, 0.4) is 0 Å². The SMILES string of the molecule is CC1(C)CC(=O)N(Cc2ccc(C#CCCO)cc2)C1=O. The predicted molar refractivity (Wildman–Crippen MR) is 79.0 cm³/mol. The van der Waals surface area contributed by atoms with Crippen molar-refractivity contribution in [3.63, 3.8) is 0 Å². The van der Waals surface area contributed by atoms with Crippen molar-refractivity contribution < 1.29 is 14.7 Å². The Morgan fingerprint density at radius 1 is 1.24 bits per heavy atom. The smallest absolute Gasteiger partial charge is 0.235 e. The topological polar surface area (TPSA) is 57.6 Å². The molecule has 2 rings (SSSR count). The summed E-state index contributed by atoms with van der Waals surface area (Å²) in [5.41, 5.74) is 1.17. The van der Waals surface area contributed by atoms with Crippen LogP contribution in [0.15, 0.2) is 24.3 Å². The Morgan fingerprint density at radius 3 is 2.43 bits per heavy atom. The van der Waals surface area contributed by atoms with E-state index in [2.05, 4.69) is 11.8 Å². The van der Waals surface area contributed by atoms with Gasteiger partial charge in [0.05, 0.1) is 18.6 Å². The van der Waals surface area contributed by atoms with Crippen molar-refractivity contribution in [1.82, 2.24) is 4.90 Å². The molecule has 0 bridgehead atoms. The van der Waals surface area contributed by atoms with Gasteiger partial charge in [-0.1, -0.05) is 37.8 Å². The normalized spacial score (nSPS) is 16.8. The molecule has 1 fully saturated rings. The van der Waals surface area contributed by atoms with E-state index < -0.39 is 5.41 Å². The summed E-state index contributed by atoms with van der Waals surface area (Å²) in [5.74, 6) is 5.56. The summed E-state index contributed by atoms with van der Waals surface area (Å²) < 4.78 is 0. The third kappa shape index (κ3) is 3.50. The summed E-state index contributed by atoms with van der Waals surface area (Å²) in [6, 6.07) is 7.45. The molecule has 4 heteroatoms. The monoisotopic (exact) mass is 285 g/mol. The van der Waals surface area contributed by atoms with Crippen molar-refractivity contribution in [2.75, 3.05) is 6.61 Å². The Hall–Kier alpha value is -2.12. The van der Waals surface area contributed by atoms with Crippen LogP contribution in [0.2, 0.25) is 0 Å². The molecule has 0 spiro atoms. The molecule has 0 aliphatic carbocycles. The van der Waals surface area contributed by atoms with E-state index in [-0.39, 0.29) is 24.8 Å². The van der Waals surface area contributed by atoms with Gasteiger partial charge in [0.15, 0.2) is 0 Å². The third-order valence-corrected chi connectivity index (χ3v) is 3.48. The third-order valence-electron chi connectivity index (χ3n) is 3.48. The maximum absolute atomic E-state index is 12.1. The molecule has 1 aromatic rings. The van der Waals surface area contributed by atoms with Gasteiger partial charge in [0.2, 0.25) is 11.8 Å². The summed E-state index contributed by atoms with van der Waals surface area (Å²) in [5, 5.41) is 8.67. The van der Waals surface area contributed by atoms with Crippen molar-refractivity contribution in [3.05, 3.63) is 35.4 Å². The van der Waals surface area contributed by atoms with Crippen molar-refractivity contribution in [2.45, 2.75) is 33.2 Å². The van der Waals surface area contributed by atoms with Crippen molar-refractivity contribution in [3.8, 4) is 11.8 Å². The fourth-order valence-corrected chi connectivity index (χ4v) is 2.28. The molecule has 1 saturated heterocycles. The van der Waals surface area contributed by atoms with E-state index in [0.717, 1.165) is 11.1 Å². The van der Waals surface area contributed by atoms with Crippen LogP contribution in [0.4, 0.5) is 0 Å². The number of imide groups is 1. The Kier molecular flexibility index (Phi) is 4.44. The van der Waals surface area contributed by atoms with Crippen molar-refractivity contribution in [2.24, 2.45) is 5.41 Å². The highest BCUT2D eigenvalue weighted by atomic mass is 16.2. The lowest BCUT2D eigenvalue weighted by Gasteiger charge is -2.17. The van der Waals surface area contributed by atoms with E-state index in [0.29, 0.717) is 13.0 Å². The molecule has 21 heavy (non-hydrogen) atoms. The zero-order valence-corrected chi connectivity index (χ0v) is 12.3. The van der Waals surface area contributed by atoms with E-state index >= 15 is 0 Å². The number of aliphatic hydroxyl groups is 1. The second-order valence-electron chi connectivity index (χ2n) is 5.82. The van der Waals surface area contributed by atoms with E-state index in [1.165, 1.54) is 4.90 Å². The molecule has 110 valence electrons. The van der Waals surface area contributed by atoms with Gasteiger partial charge in [0, 0.05) is 18.4 Å². The maximum Gasteiger partial charge on any atom is 0.235 e. The number of carbonyl (C=O) groups is 2. The predicted octanol–water partition coefficient (Wildman–Crippen LogP) is 1.71. The van der Waals surface area contributed by atoms with E-state index in [1.807, 2.05) is 24.3 Å². The fraction of sp³-hybridized carbons (Fsp3) is 0.412. The molecule has 0 aromatic heterocycles. The summed E-state index contributed by atoms with van der Waals surface area (Å²) in [4.78, 5) is 25.4. The summed E-state index contributed by atoms with van der Waals surface area (Å²) >= 11 is 0. The largest absolute Gasteiger partial charge is 0.395 e. The van der Waals surface area contributed by atoms with Gasteiger partial charge in [-0.05, 0) is 17.7 Å². The first-order valence-electron chi connectivity index (χ1n) is 6.97. The summed E-state index contributed by atoms with van der Waals surface area (Å²) in [7, 11) is 0. The van der Waals surface area contributed by atoms with Crippen LogP contribution in [0.25, 0.3) is 0 Å². The average molecular weight is 285 g/mol. The quantitative estimate of drug-likeness (QED) is 0.679. The van der Waals surface area contributed by atoms with Crippen molar-refractivity contribution in [1.29, 1.82) is 0 Å². The highest BCUT2D eigenvalue weighted by Crippen LogP contribution is 2.32. The number of rotatable bonds is 3. The fourth-order valence-electron chi connectivity index (χ4n) is 2.28. The maximum atomic E-state index is 12.1. The van der Waals surface area contributed by atoms with Crippen LogP contribution < -0.4 is 0 Å². The Bertz CT molecular complexity index is 605. The van der Waals surface area contributed by atoms with Crippen LogP contribution in [0.5, 0.6) is 0 Å². The minimum atomic E-state index is -0.590. The number of hydrogen-bond acceptors (Lipinski definition) is 3. The molecular weight excluding hydrogens is 266 g/mol. The number of benzene rings is 1. The first-order valence-corrected chi connectivity index (χ1v) is 6.97. The molecule has 1 aliphatic rings. The number of aliphatic hydroxyl groups excluding tert-OH is 1.